The second-order valence-corrected chi connectivity index (χ2v) is 8.57. The lowest BCUT2D eigenvalue weighted by atomic mass is 10.2. The van der Waals surface area contributed by atoms with Crippen molar-refractivity contribution in [1.82, 2.24) is 24.6 Å². The van der Waals surface area contributed by atoms with Crippen molar-refractivity contribution in [3.8, 4) is 5.75 Å². The fourth-order valence-electron chi connectivity index (χ4n) is 3.18. The number of aromatic nitrogens is 3. The maximum atomic E-state index is 12.3. The molecule has 152 valence electrons. The van der Waals surface area contributed by atoms with Gasteiger partial charge in [0.25, 0.3) is 0 Å². The van der Waals surface area contributed by atoms with Gasteiger partial charge in [0, 0.05) is 31.6 Å². The molecule has 9 nitrogen and oxygen atoms in total. The average Bonchev–Trinajstić information content (AvgIpc) is 3.02. The van der Waals surface area contributed by atoms with Crippen LogP contribution in [0.1, 0.15) is 6.42 Å². The molecule has 3 N–H and O–H groups in total. The molecule has 2 aromatic heterocycles. The molecule has 0 saturated carbocycles. The monoisotopic (exact) mass is 427 g/mol. The van der Waals surface area contributed by atoms with Crippen LogP contribution in [0.5, 0.6) is 5.75 Å². The molecule has 4 rings (SSSR count). The first kappa shape index (κ1) is 20.6. The Morgan fingerprint density at radius 2 is 1.93 bits per heavy atom. The number of aromatic amines is 2. The van der Waals surface area contributed by atoms with Gasteiger partial charge in [0.15, 0.2) is 5.65 Å². The smallest absolute Gasteiger partial charge is 0.325 e. The maximum absolute atomic E-state index is 12.3. The molecule has 0 amide bonds. The van der Waals surface area contributed by atoms with Gasteiger partial charge in [-0.15, -0.1) is 12.4 Å². The van der Waals surface area contributed by atoms with Crippen molar-refractivity contribution in [2.24, 2.45) is 0 Å². The molecule has 28 heavy (non-hydrogen) atoms. The predicted molar refractivity (Wildman–Crippen MR) is 110 cm³/mol. The Morgan fingerprint density at radius 1 is 1.14 bits per heavy atom. The largest absolute Gasteiger partial charge is 0.494 e. The number of sulfonamides is 1. The van der Waals surface area contributed by atoms with Crippen LogP contribution >= 0.6 is 12.4 Å². The number of hydrogen-bond acceptors (Lipinski definition) is 6. The van der Waals surface area contributed by atoms with Crippen LogP contribution in [0, 0.1) is 0 Å². The lowest BCUT2D eigenvalue weighted by Gasteiger charge is -2.26. The lowest BCUT2D eigenvalue weighted by molar-refractivity contribution is 0.314. The summed E-state index contributed by atoms with van der Waals surface area (Å²) in [5, 5.41) is 3.98. The van der Waals surface area contributed by atoms with E-state index in [-0.39, 0.29) is 23.8 Å². The fraction of sp³-hybridized carbons (Fsp3) is 0.412. The van der Waals surface area contributed by atoms with Gasteiger partial charge in [0.2, 0.25) is 10.0 Å². The van der Waals surface area contributed by atoms with Gasteiger partial charge < -0.3 is 15.0 Å². The Labute approximate surface area is 167 Å². The molecule has 1 aliphatic rings. The van der Waals surface area contributed by atoms with E-state index in [0.717, 1.165) is 10.9 Å². The predicted octanol–water partition coefficient (Wildman–Crippen LogP) is 0.830. The Hall–Kier alpha value is -2.14. The number of nitrogens with one attached hydrogen (secondary N) is 3. The van der Waals surface area contributed by atoms with Gasteiger partial charge in [-0.25, -0.2) is 18.2 Å². The topological polar surface area (TPSA) is 120 Å². The number of halogens is 1. The first-order chi connectivity index (χ1) is 13.0. The molecule has 3 aromatic rings. The van der Waals surface area contributed by atoms with Gasteiger partial charge in [0.1, 0.15) is 5.75 Å². The second-order valence-electron chi connectivity index (χ2n) is 6.49. The first-order valence-corrected chi connectivity index (χ1v) is 10.5. The standard InChI is InChI=1S/C17H21N5O4S.ClH/c23-17-20-15-11-12-10-13(2-3-14(12)19-16(15)21-17)26-8-1-9-27(24,25)22-6-4-18-5-7-22;/h2-3,10-11,18H,1,4-9H2,(H2,19,20,21,23);1H. The number of ether oxygens (including phenoxy) is 1. The quantitative estimate of drug-likeness (QED) is 0.501. The van der Waals surface area contributed by atoms with Crippen LogP contribution in [0.2, 0.25) is 0 Å². The van der Waals surface area contributed by atoms with E-state index in [2.05, 4.69) is 20.3 Å². The van der Waals surface area contributed by atoms with Crippen LogP contribution in [0.4, 0.5) is 0 Å². The number of imidazole rings is 1. The van der Waals surface area contributed by atoms with E-state index < -0.39 is 10.0 Å². The summed E-state index contributed by atoms with van der Waals surface area (Å²) in [6.07, 6.45) is 0.423. The van der Waals surface area contributed by atoms with Crippen LogP contribution in [0.3, 0.4) is 0 Å². The molecule has 0 bridgehead atoms. The molecule has 0 atom stereocenters. The summed E-state index contributed by atoms with van der Waals surface area (Å²) in [5.41, 5.74) is 1.59. The van der Waals surface area contributed by atoms with Gasteiger partial charge in [-0.2, -0.15) is 4.31 Å². The van der Waals surface area contributed by atoms with Crippen molar-refractivity contribution in [2.45, 2.75) is 6.42 Å². The molecule has 1 fully saturated rings. The van der Waals surface area contributed by atoms with E-state index in [1.54, 1.807) is 6.07 Å². The van der Waals surface area contributed by atoms with E-state index in [9.17, 15) is 13.2 Å². The van der Waals surface area contributed by atoms with Gasteiger partial charge >= 0.3 is 5.69 Å². The second kappa shape index (κ2) is 8.48. The molecule has 11 heteroatoms. The molecule has 3 heterocycles. The molecule has 0 radical (unpaired) electrons. The maximum Gasteiger partial charge on any atom is 0.325 e. The molecule has 1 aromatic carbocycles. The third-order valence-corrected chi connectivity index (χ3v) is 6.51. The highest BCUT2D eigenvalue weighted by Gasteiger charge is 2.23. The van der Waals surface area contributed by atoms with E-state index in [4.69, 9.17) is 4.74 Å². The minimum Gasteiger partial charge on any atom is -0.494 e. The summed E-state index contributed by atoms with van der Waals surface area (Å²) in [5.74, 6) is 0.717. The SMILES string of the molecule is Cl.O=c1[nH]c2cc3cc(OCCCS(=O)(=O)N4CCNCC4)ccc3nc2[nH]1. The Balaban J connectivity index is 0.00000225. The highest BCUT2D eigenvalue weighted by molar-refractivity contribution is 7.89. The van der Waals surface area contributed by atoms with Crippen LogP contribution in [0.15, 0.2) is 29.1 Å². The normalized spacial score (nSPS) is 15.6. The summed E-state index contributed by atoms with van der Waals surface area (Å²) in [7, 11) is -3.23. The Kier molecular flexibility index (Phi) is 6.23. The minimum absolute atomic E-state index is 0. The zero-order valence-electron chi connectivity index (χ0n) is 15.1. The number of piperazine rings is 1. The van der Waals surface area contributed by atoms with Crippen molar-refractivity contribution < 1.29 is 13.2 Å². The van der Waals surface area contributed by atoms with Gasteiger partial charge in [-0.1, -0.05) is 0 Å². The number of fused-ring (bicyclic) bond motifs is 2. The summed E-state index contributed by atoms with van der Waals surface area (Å²) >= 11 is 0. The number of nitrogens with zero attached hydrogens (tertiary/aromatic N) is 2. The van der Waals surface area contributed by atoms with Crippen molar-refractivity contribution in [2.75, 3.05) is 38.5 Å². The van der Waals surface area contributed by atoms with Gasteiger partial charge in [-0.3, -0.25) is 4.98 Å². The van der Waals surface area contributed by atoms with E-state index in [1.165, 1.54) is 4.31 Å². The molecule has 1 aliphatic heterocycles. The molecular weight excluding hydrogens is 406 g/mol. The molecular formula is C17H22ClN5O4S. The van der Waals surface area contributed by atoms with Crippen molar-refractivity contribution in [3.05, 3.63) is 34.7 Å². The van der Waals surface area contributed by atoms with Gasteiger partial charge in [0.05, 0.1) is 23.4 Å². The van der Waals surface area contributed by atoms with E-state index >= 15 is 0 Å². The van der Waals surface area contributed by atoms with Crippen LogP contribution in [0.25, 0.3) is 22.1 Å². The Morgan fingerprint density at radius 3 is 2.71 bits per heavy atom. The summed E-state index contributed by atoms with van der Waals surface area (Å²) in [6, 6.07) is 7.26. The number of pyridine rings is 1. The third-order valence-electron chi connectivity index (χ3n) is 4.55. The number of H-pyrrole nitrogens is 2. The first-order valence-electron chi connectivity index (χ1n) is 8.85. The molecule has 0 unspecified atom stereocenters. The summed E-state index contributed by atoms with van der Waals surface area (Å²) in [4.78, 5) is 21.1. The van der Waals surface area contributed by atoms with Crippen LogP contribution < -0.4 is 15.7 Å². The highest BCUT2D eigenvalue weighted by Crippen LogP contribution is 2.22. The average molecular weight is 428 g/mol. The lowest BCUT2D eigenvalue weighted by Crippen LogP contribution is -2.47. The molecule has 1 saturated heterocycles. The van der Waals surface area contributed by atoms with Crippen molar-refractivity contribution in [3.63, 3.8) is 0 Å². The van der Waals surface area contributed by atoms with Crippen molar-refractivity contribution in [1.29, 1.82) is 0 Å². The van der Waals surface area contributed by atoms with E-state index in [0.29, 0.717) is 56.1 Å². The third kappa shape index (κ3) is 4.46. The Bertz CT molecular complexity index is 1120. The number of hydrogen-bond donors (Lipinski definition) is 3. The summed E-state index contributed by atoms with van der Waals surface area (Å²) < 4.78 is 31.8. The fourth-order valence-corrected chi connectivity index (χ4v) is 4.66. The molecule has 0 aliphatic carbocycles. The minimum atomic E-state index is -3.23. The van der Waals surface area contributed by atoms with Crippen molar-refractivity contribution >= 4 is 44.5 Å². The summed E-state index contributed by atoms with van der Waals surface area (Å²) in [6.45, 7) is 2.75. The molecule has 0 spiro atoms. The highest BCUT2D eigenvalue weighted by atomic mass is 35.5. The van der Waals surface area contributed by atoms with Crippen LogP contribution in [-0.2, 0) is 10.0 Å². The number of rotatable bonds is 6. The van der Waals surface area contributed by atoms with Gasteiger partial charge in [-0.05, 0) is 30.7 Å². The zero-order valence-corrected chi connectivity index (χ0v) is 16.7. The number of benzene rings is 1. The van der Waals surface area contributed by atoms with E-state index in [1.807, 2.05) is 18.2 Å². The zero-order chi connectivity index (χ0) is 18.9. The van der Waals surface area contributed by atoms with Crippen LogP contribution in [-0.4, -0.2) is 66.2 Å².